The van der Waals surface area contributed by atoms with Gasteiger partial charge in [0.25, 0.3) is 5.92 Å². The van der Waals surface area contributed by atoms with Gasteiger partial charge in [0.15, 0.2) is 0 Å². The average Bonchev–Trinajstić information content (AvgIpc) is 2.91. The summed E-state index contributed by atoms with van der Waals surface area (Å²) >= 11 is 0. The number of aryl methyl sites for hydroxylation is 1. The van der Waals surface area contributed by atoms with Gasteiger partial charge >= 0.3 is 0 Å². The molecule has 0 aromatic carbocycles. The molecule has 1 aliphatic rings. The van der Waals surface area contributed by atoms with Crippen LogP contribution < -0.4 is 0 Å². The first-order chi connectivity index (χ1) is 10.1. The molecule has 0 amide bonds. The fourth-order valence-electron chi connectivity index (χ4n) is 2.65. The summed E-state index contributed by atoms with van der Waals surface area (Å²) in [6, 6.07) is 1.24. The minimum Gasteiger partial charge on any atom is -0.346 e. The third-order valence-corrected chi connectivity index (χ3v) is 4.04. The maximum absolute atomic E-state index is 13.1. The molecule has 1 saturated carbocycles. The minimum atomic E-state index is -2.61. The number of rotatable bonds is 3. The SMILES string of the molecule is CCc1c[nH]c2ncc(-c3cnn(C4CC4(F)F)c3)cc12. The van der Waals surface area contributed by atoms with E-state index in [4.69, 9.17) is 0 Å². The Morgan fingerprint density at radius 3 is 2.90 bits per heavy atom. The lowest BCUT2D eigenvalue weighted by molar-refractivity contribution is 0.0983. The zero-order chi connectivity index (χ0) is 14.6. The van der Waals surface area contributed by atoms with Crippen LogP contribution in [0.2, 0.25) is 0 Å². The lowest BCUT2D eigenvalue weighted by atomic mass is 10.1. The van der Waals surface area contributed by atoms with Gasteiger partial charge in [-0.3, -0.25) is 4.68 Å². The van der Waals surface area contributed by atoms with Gasteiger partial charge in [-0.15, -0.1) is 0 Å². The van der Waals surface area contributed by atoms with Crippen molar-refractivity contribution in [2.24, 2.45) is 0 Å². The second-order valence-electron chi connectivity index (χ2n) is 5.48. The summed E-state index contributed by atoms with van der Waals surface area (Å²) < 4.78 is 27.5. The molecule has 0 aliphatic heterocycles. The van der Waals surface area contributed by atoms with E-state index in [9.17, 15) is 8.78 Å². The highest BCUT2D eigenvalue weighted by molar-refractivity contribution is 5.84. The van der Waals surface area contributed by atoms with Crippen molar-refractivity contribution in [2.75, 3.05) is 0 Å². The van der Waals surface area contributed by atoms with Crippen LogP contribution in [0.1, 0.15) is 24.9 Å². The number of alkyl halides is 2. The van der Waals surface area contributed by atoms with E-state index in [-0.39, 0.29) is 6.42 Å². The zero-order valence-electron chi connectivity index (χ0n) is 11.5. The van der Waals surface area contributed by atoms with Crippen LogP contribution in [0, 0.1) is 0 Å². The van der Waals surface area contributed by atoms with Crippen molar-refractivity contribution in [1.82, 2.24) is 19.7 Å². The Kier molecular flexibility index (Phi) is 2.46. The molecule has 0 spiro atoms. The highest BCUT2D eigenvalue weighted by Crippen LogP contribution is 2.52. The highest BCUT2D eigenvalue weighted by atomic mass is 19.3. The molecule has 21 heavy (non-hydrogen) atoms. The van der Waals surface area contributed by atoms with Crippen LogP contribution in [0.25, 0.3) is 22.2 Å². The molecule has 3 aromatic rings. The van der Waals surface area contributed by atoms with Gasteiger partial charge in [0.1, 0.15) is 11.7 Å². The molecular formula is C15H14F2N4. The van der Waals surface area contributed by atoms with Gasteiger partial charge in [-0.1, -0.05) is 6.92 Å². The lowest BCUT2D eigenvalue weighted by Gasteiger charge is -2.00. The Labute approximate surface area is 119 Å². The largest absolute Gasteiger partial charge is 0.346 e. The second-order valence-corrected chi connectivity index (χ2v) is 5.48. The summed E-state index contributed by atoms with van der Waals surface area (Å²) in [5.74, 6) is -2.61. The van der Waals surface area contributed by atoms with Gasteiger partial charge in [0, 0.05) is 41.5 Å². The summed E-state index contributed by atoms with van der Waals surface area (Å²) in [6.07, 6.45) is 7.78. The summed E-state index contributed by atoms with van der Waals surface area (Å²) in [7, 11) is 0. The maximum Gasteiger partial charge on any atom is 0.272 e. The third kappa shape index (κ3) is 1.93. The molecule has 0 radical (unpaired) electrons. The van der Waals surface area contributed by atoms with Crippen molar-refractivity contribution in [3.05, 3.63) is 36.4 Å². The van der Waals surface area contributed by atoms with Gasteiger partial charge in [-0.2, -0.15) is 5.10 Å². The van der Waals surface area contributed by atoms with E-state index >= 15 is 0 Å². The summed E-state index contributed by atoms with van der Waals surface area (Å²) in [6.45, 7) is 2.09. The molecule has 6 heteroatoms. The predicted octanol–water partition coefficient (Wildman–Crippen LogP) is 3.57. The van der Waals surface area contributed by atoms with Gasteiger partial charge in [0.2, 0.25) is 0 Å². The fraction of sp³-hybridized carbons (Fsp3) is 0.333. The number of aromatic amines is 1. The van der Waals surface area contributed by atoms with Crippen molar-refractivity contribution in [3.8, 4) is 11.1 Å². The molecule has 3 aromatic heterocycles. The van der Waals surface area contributed by atoms with Crippen molar-refractivity contribution >= 4 is 11.0 Å². The first-order valence-electron chi connectivity index (χ1n) is 6.97. The fourth-order valence-corrected chi connectivity index (χ4v) is 2.65. The van der Waals surface area contributed by atoms with Crippen LogP contribution >= 0.6 is 0 Å². The number of H-pyrrole nitrogens is 1. The topological polar surface area (TPSA) is 46.5 Å². The van der Waals surface area contributed by atoms with Gasteiger partial charge in [-0.05, 0) is 18.1 Å². The Balaban J connectivity index is 1.73. The van der Waals surface area contributed by atoms with Crippen molar-refractivity contribution in [3.63, 3.8) is 0 Å². The zero-order valence-corrected chi connectivity index (χ0v) is 11.5. The Morgan fingerprint density at radius 2 is 2.19 bits per heavy atom. The lowest BCUT2D eigenvalue weighted by Crippen LogP contribution is -2.02. The number of nitrogens with one attached hydrogen (secondary N) is 1. The van der Waals surface area contributed by atoms with E-state index in [2.05, 4.69) is 22.0 Å². The van der Waals surface area contributed by atoms with E-state index in [1.165, 1.54) is 10.2 Å². The molecule has 4 rings (SSSR count). The molecule has 0 bridgehead atoms. The molecule has 4 nitrogen and oxygen atoms in total. The van der Waals surface area contributed by atoms with Crippen LogP contribution in [0.4, 0.5) is 8.78 Å². The molecule has 1 atom stereocenters. The smallest absolute Gasteiger partial charge is 0.272 e. The minimum absolute atomic E-state index is 0.122. The number of pyridine rings is 1. The molecule has 3 heterocycles. The quantitative estimate of drug-likeness (QED) is 0.801. The summed E-state index contributed by atoms with van der Waals surface area (Å²) in [5.41, 5.74) is 3.75. The van der Waals surface area contributed by atoms with Crippen LogP contribution in [-0.2, 0) is 6.42 Å². The predicted molar refractivity (Wildman–Crippen MR) is 75.3 cm³/mol. The second kappa shape index (κ2) is 4.13. The van der Waals surface area contributed by atoms with Crippen LogP contribution in [0.5, 0.6) is 0 Å². The van der Waals surface area contributed by atoms with Crippen LogP contribution in [0.15, 0.2) is 30.9 Å². The van der Waals surface area contributed by atoms with E-state index in [1.807, 2.05) is 12.3 Å². The Hall–Kier alpha value is -2.24. The normalized spacial score (nSPS) is 20.0. The number of hydrogen-bond acceptors (Lipinski definition) is 2. The molecule has 1 fully saturated rings. The molecule has 1 unspecified atom stereocenters. The first-order valence-corrected chi connectivity index (χ1v) is 6.97. The molecule has 1 aliphatic carbocycles. The van der Waals surface area contributed by atoms with Gasteiger partial charge < -0.3 is 4.98 Å². The Morgan fingerprint density at radius 1 is 1.38 bits per heavy atom. The maximum atomic E-state index is 13.1. The van der Waals surface area contributed by atoms with E-state index in [1.54, 1.807) is 18.6 Å². The number of nitrogens with zero attached hydrogens (tertiary/aromatic N) is 3. The van der Waals surface area contributed by atoms with Gasteiger partial charge in [0.05, 0.1) is 6.20 Å². The molecule has 108 valence electrons. The van der Waals surface area contributed by atoms with Crippen LogP contribution in [0.3, 0.4) is 0 Å². The van der Waals surface area contributed by atoms with Crippen LogP contribution in [-0.4, -0.2) is 25.7 Å². The van der Waals surface area contributed by atoms with Crippen molar-refractivity contribution in [1.29, 1.82) is 0 Å². The summed E-state index contributed by atoms with van der Waals surface area (Å²) in [5, 5.41) is 5.13. The summed E-state index contributed by atoms with van der Waals surface area (Å²) in [4.78, 5) is 7.51. The molecule has 0 saturated heterocycles. The molecular weight excluding hydrogens is 274 g/mol. The van der Waals surface area contributed by atoms with Gasteiger partial charge in [-0.25, -0.2) is 13.8 Å². The average molecular weight is 288 g/mol. The highest BCUT2D eigenvalue weighted by Gasteiger charge is 2.59. The van der Waals surface area contributed by atoms with E-state index in [0.29, 0.717) is 0 Å². The van der Waals surface area contributed by atoms with Crippen molar-refractivity contribution < 1.29 is 8.78 Å². The van der Waals surface area contributed by atoms with E-state index < -0.39 is 12.0 Å². The standard InChI is InChI=1S/C15H14F2N4/c1-2-9-5-18-14-12(9)3-10(6-19-14)11-7-20-21(8-11)13-4-15(13,16)17/h3,5-8,13H,2,4H2,1H3,(H,18,19). The van der Waals surface area contributed by atoms with Crippen molar-refractivity contribution in [2.45, 2.75) is 31.7 Å². The number of aromatic nitrogens is 4. The molecule has 1 N–H and O–H groups in total. The Bertz CT molecular complexity index is 818. The number of hydrogen-bond donors (Lipinski definition) is 1. The first kappa shape index (κ1) is 12.5. The number of fused-ring (bicyclic) bond motifs is 1. The van der Waals surface area contributed by atoms with E-state index in [0.717, 1.165) is 28.6 Å². The number of halogens is 2. The monoisotopic (exact) mass is 288 g/mol. The third-order valence-electron chi connectivity index (χ3n) is 4.04.